The van der Waals surface area contributed by atoms with E-state index in [9.17, 15) is 4.79 Å². The fourth-order valence-electron chi connectivity index (χ4n) is 3.99. The highest BCUT2D eigenvalue weighted by Gasteiger charge is 2.24. The van der Waals surface area contributed by atoms with Crippen LogP contribution in [0.25, 0.3) is 0 Å². The molecule has 0 aromatic rings. The van der Waals surface area contributed by atoms with Gasteiger partial charge in [0.2, 0.25) is 5.91 Å². The summed E-state index contributed by atoms with van der Waals surface area (Å²) in [6, 6.07) is 0. The van der Waals surface area contributed by atoms with Gasteiger partial charge in [0.15, 0.2) is 0 Å². The molecule has 132 valence electrons. The largest absolute Gasteiger partial charge is 0.377 e. The van der Waals surface area contributed by atoms with Gasteiger partial charge in [-0.1, -0.05) is 19.3 Å². The van der Waals surface area contributed by atoms with Crippen molar-refractivity contribution in [3.8, 4) is 0 Å². The number of rotatable bonds is 4. The molecule has 3 heterocycles. The molecule has 0 radical (unpaired) electrons. The summed E-state index contributed by atoms with van der Waals surface area (Å²) in [6.45, 7) is 8.77. The Labute approximate surface area is 140 Å². The Bertz CT molecular complexity index is 355. The zero-order chi connectivity index (χ0) is 15.9. The summed E-state index contributed by atoms with van der Waals surface area (Å²) in [7, 11) is 0. The van der Waals surface area contributed by atoms with Crippen LogP contribution in [0, 0.1) is 0 Å². The molecule has 0 spiro atoms. The highest BCUT2D eigenvalue weighted by molar-refractivity contribution is 5.78. The molecule has 1 atom stereocenters. The van der Waals surface area contributed by atoms with Crippen molar-refractivity contribution in [1.29, 1.82) is 0 Å². The minimum atomic E-state index is 0.347. The van der Waals surface area contributed by atoms with Gasteiger partial charge in [-0.15, -0.1) is 0 Å². The van der Waals surface area contributed by atoms with E-state index < -0.39 is 0 Å². The average molecular weight is 323 g/mol. The van der Waals surface area contributed by atoms with Gasteiger partial charge < -0.3 is 9.64 Å². The van der Waals surface area contributed by atoms with E-state index >= 15 is 0 Å². The molecule has 5 heteroatoms. The molecule has 5 nitrogen and oxygen atoms in total. The highest BCUT2D eigenvalue weighted by Crippen LogP contribution is 2.15. The number of hydrogen-bond donors (Lipinski definition) is 0. The molecule has 1 amide bonds. The molecule has 0 aromatic carbocycles. The Hall–Kier alpha value is -0.650. The Morgan fingerprint density at radius 1 is 0.826 bits per heavy atom. The van der Waals surface area contributed by atoms with Gasteiger partial charge in [0, 0.05) is 52.4 Å². The minimum absolute atomic E-state index is 0.347. The monoisotopic (exact) mass is 323 g/mol. The van der Waals surface area contributed by atoms with Gasteiger partial charge in [0.1, 0.15) is 0 Å². The van der Waals surface area contributed by atoms with Crippen molar-refractivity contribution in [1.82, 2.24) is 14.7 Å². The summed E-state index contributed by atoms with van der Waals surface area (Å²) in [5, 5.41) is 0. The Morgan fingerprint density at radius 2 is 1.48 bits per heavy atom. The summed E-state index contributed by atoms with van der Waals surface area (Å²) in [4.78, 5) is 19.5. The Morgan fingerprint density at radius 3 is 2.13 bits per heavy atom. The van der Waals surface area contributed by atoms with Crippen molar-refractivity contribution in [2.75, 3.05) is 59.0 Å². The van der Waals surface area contributed by atoms with Crippen molar-refractivity contribution < 1.29 is 9.53 Å². The van der Waals surface area contributed by atoms with Gasteiger partial charge in [0.05, 0.1) is 12.6 Å². The first-order chi connectivity index (χ1) is 11.3. The summed E-state index contributed by atoms with van der Waals surface area (Å²) >= 11 is 0. The van der Waals surface area contributed by atoms with Crippen molar-refractivity contribution in [3.63, 3.8) is 0 Å². The Kier molecular flexibility index (Phi) is 6.72. The molecule has 23 heavy (non-hydrogen) atoms. The van der Waals surface area contributed by atoms with Crippen LogP contribution in [-0.2, 0) is 9.53 Å². The molecule has 0 N–H and O–H groups in total. The molecular weight excluding hydrogens is 290 g/mol. The van der Waals surface area contributed by atoms with E-state index in [0.29, 0.717) is 18.6 Å². The molecule has 1 unspecified atom stereocenters. The fraction of sp³-hybridized carbons (Fsp3) is 0.944. The minimum Gasteiger partial charge on any atom is -0.377 e. The lowest BCUT2D eigenvalue weighted by atomic mass is 10.1. The van der Waals surface area contributed by atoms with Crippen LogP contribution < -0.4 is 0 Å². The van der Waals surface area contributed by atoms with Crippen LogP contribution in [0.2, 0.25) is 0 Å². The van der Waals surface area contributed by atoms with Gasteiger partial charge in [-0.25, -0.2) is 0 Å². The van der Waals surface area contributed by atoms with Gasteiger partial charge >= 0.3 is 0 Å². The summed E-state index contributed by atoms with van der Waals surface area (Å²) in [5.74, 6) is 0.347. The second-order valence-electron chi connectivity index (χ2n) is 7.36. The third-order valence-corrected chi connectivity index (χ3v) is 5.52. The van der Waals surface area contributed by atoms with E-state index in [1.807, 2.05) is 0 Å². The van der Waals surface area contributed by atoms with Gasteiger partial charge in [0.25, 0.3) is 0 Å². The van der Waals surface area contributed by atoms with Crippen molar-refractivity contribution in [2.24, 2.45) is 0 Å². The quantitative estimate of drug-likeness (QED) is 0.787. The Balaban J connectivity index is 1.36. The number of carbonyl (C=O) groups is 1. The fourth-order valence-corrected chi connectivity index (χ4v) is 3.99. The molecule has 3 rings (SSSR count). The first-order valence-corrected chi connectivity index (χ1v) is 9.65. The molecule has 0 aliphatic carbocycles. The van der Waals surface area contributed by atoms with Crippen LogP contribution >= 0.6 is 0 Å². The lowest BCUT2D eigenvalue weighted by Gasteiger charge is -2.36. The molecule has 0 saturated carbocycles. The number of hydrogen-bond acceptors (Lipinski definition) is 4. The van der Waals surface area contributed by atoms with Crippen LogP contribution in [-0.4, -0.2) is 85.7 Å². The molecule has 3 aliphatic heterocycles. The standard InChI is InChI=1S/C18H33N3O2/c22-18(21-8-4-2-1-3-5-9-21)16-20-12-10-19(11-13-20)15-17-7-6-14-23-17/h17H,1-16H2. The van der Waals surface area contributed by atoms with E-state index in [0.717, 1.165) is 52.4 Å². The van der Waals surface area contributed by atoms with E-state index in [4.69, 9.17) is 4.74 Å². The van der Waals surface area contributed by atoms with Gasteiger partial charge in [-0.05, 0) is 25.7 Å². The second-order valence-corrected chi connectivity index (χ2v) is 7.36. The number of piperazine rings is 1. The molecule has 3 aliphatic rings. The predicted octanol–water partition coefficient (Wildman–Crippen LogP) is 1.58. The van der Waals surface area contributed by atoms with Gasteiger partial charge in [-0.2, -0.15) is 0 Å². The zero-order valence-corrected chi connectivity index (χ0v) is 14.5. The topological polar surface area (TPSA) is 36.0 Å². The number of ether oxygens (including phenoxy) is 1. The van der Waals surface area contributed by atoms with Crippen LogP contribution in [0.5, 0.6) is 0 Å². The van der Waals surface area contributed by atoms with Crippen molar-refractivity contribution in [3.05, 3.63) is 0 Å². The summed E-state index contributed by atoms with van der Waals surface area (Å²) in [6.07, 6.45) is 9.15. The molecule has 3 fully saturated rings. The van der Waals surface area contributed by atoms with E-state index in [-0.39, 0.29) is 0 Å². The maximum absolute atomic E-state index is 12.5. The lowest BCUT2D eigenvalue weighted by Crippen LogP contribution is -2.51. The van der Waals surface area contributed by atoms with Gasteiger partial charge in [-0.3, -0.25) is 14.6 Å². The van der Waals surface area contributed by atoms with Crippen LogP contribution in [0.4, 0.5) is 0 Å². The SMILES string of the molecule is O=C(CN1CCN(CC2CCCO2)CC1)N1CCCCCCC1. The third-order valence-electron chi connectivity index (χ3n) is 5.52. The number of nitrogens with zero attached hydrogens (tertiary/aromatic N) is 3. The number of likely N-dealkylation sites (tertiary alicyclic amines) is 1. The molecule has 3 saturated heterocycles. The number of carbonyl (C=O) groups excluding carboxylic acids is 1. The van der Waals surface area contributed by atoms with E-state index in [1.165, 1.54) is 44.9 Å². The van der Waals surface area contributed by atoms with E-state index in [2.05, 4.69) is 14.7 Å². The first kappa shape index (κ1) is 17.2. The third kappa shape index (κ3) is 5.44. The lowest BCUT2D eigenvalue weighted by molar-refractivity contribution is -0.133. The predicted molar refractivity (Wildman–Crippen MR) is 91.5 cm³/mol. The summed E-state index contributed by atoms with van der Waals surface area (Å²) in [5.41, 5.74) is 0. The van der Waals surface area contributed by atoms with Crippen LogP contribution in [0.15, 0.2) is 0 Å². The smallest absolute Gasteiger partial charge is 0.236 e. The second kappa shape index (κ2) is 9.00. The highest BCUT2D eigenvalue weighted by atomic mass is 16.5. The summed E-state index contributed by atoms with van der Waals surface area (Å²) < 4.78 is 5.73. The zero-order valence-electron chi connectivity index (χ0n) is 14.5. The maximum atomic E-state index is 12.5. The first-order valence-electron chi connectivity index (χ1n) is 9.65. The van der Waals surface area contributed by atoms with Crippen molar-refractivity contribution >= 4 is 5.91 Å². The number of amides is 1. The average Bonchev–Trinajstić information content (AvgIpc) is 3.02. The maximum Gasteiger partial charge on any atom is 0.236 e. The molecule has 0 bridgehead atoms. The van der Waals surface area contributed by atoms with Crippen LogP contribution in [0.1, 0.15) is 44.9 Å². The van der Waals surface area contributed by atoms with Crippen LogP contribution in [0.3, 0.4) is 0 Å². The normalized spacial score (nSPS) is 28.5. The van der Waals surface area contributed by atoms with E-state index in [1.54, 1.807) is 0 Å². The molecule has 0 aromatic heterocycles. The van der Waals surface area contributed by atoms with Crippen molar-refractivity contribution in [2.45, 2.75) is 51.0 Å². The molecular formula is C18H33N3O2.